The summed E-state index contributed by atoms with van der Waals surface area (Å²) in [6, 6.07) is 21.4. The summed E-state index contributed by atoms with van der Waals surface area (Å²) in [6.07, 6.45) is 1.01. The molecule has 3 aromatic carbocycles. The molecular formula is C23H23FN2O3S2. The number of halogens is 1. The first-order chi connectivity index (χ1) is 14.7. The summed E-state index contributed by atoms with van der Waals surface area (Å²) in [5, 5.41) is 2.75. The van der Waals surface area contributed by atoms with Crippen LogP contribution in [0.25, 0.3) is 0 Å². The number of thioether (sulfide) groups is 1. The number of sulfonamides is 1. The zero-order valence-electron chi connectivity index (χ0n) is 17.2. The minimum absolute atomic E-state index is 0.222. The molecule has 0 aliphatic carbocycles. The number of hydrogen-bond donors (Lipinski definition) is 1. The monoisotopic (exact) mass is 458 g/mol. The van der Waals surface area contributed by atoms with Gasteiger partial charge in [-0.15, -0.1) is 11.8 Å². The van der Waals surface area contributed by atoms with Crippen LogP contribution in [0.4, 0.5) is 15.8 Å². The predicted octanol–water partition coefficient (Wildman–Crippen LogP) is 4.91. The van der Waals surface area contributed by atoms with Crippen molar-refractivity contribution in [2.45, 2.75) is 23.6 Å². The number of nitrogens with one attached hydrogen (secondary N) is 1. The van der Waals surface area contributed by atoms with Crippen LogP contribution < -0.4 is 9.62 Å². The lowest BCUT2D eigenvalue weighted by molar-refractivity contribution is -0.116. The second kappa shape index (κ2) is 9.98. The number of anilines is 2. The quantitative estimate of drug-likeness (QED) is 0.487. The highest BCUT2D eigenvalue weighted by Crippen LogP contribution is 2.24. The molecule has 1 N–H and O–H groups in total. The molecule has 0 bridgehead atoms. The van der Waals surface area contributed by atoms with Gasteiger partial charge in [0.05, 0.1) is 11.9 Å². The smallest absolute Gasteiger partial charge is 0.247 e. The Labute approximate surface area is 186 Å². The molecule has 1 amide bonds. The minimum atomic E-state index is -3.76. The van der Waals surface area contributed by atoms with Crippen LogP contribution in [0, 0.1) is 5.82 Å². The van der Waals surface area contributed by atoms with Crippen molar-refractivity contribution in [2.75, 3.05) is 15.9 Å². The number of benzene rings is 3. The molecule has 0 aliphatic heterocycles. The van der Waals surface area contributed by atoms with Crippen molar-refractivity contribution in [3.05, 3.63) is 90.2 Å². The summed E-state index contributed by atoms with van der Waals surface area (Å²) in [7, 11) is -3.76. The Hall–Kier alpha value is -2.84. The maximum Gasteiger partial charge on any atom is 0.247 e. The van der Waals surface area contributed by atoms with Crippen molar-refractivity contribution in [1.29, 1.82) is 0 Å². The molecule has 1 atom stereocenters. The zero-order chi connectivity index (χ0) is 22.4. The van der Waals surface area contributed by atoms with E-state index in [0.717, 1.165) is 34.0 Å². The molecule has 0 spiro atoms. The lowest BCUT2D eigenvalue weighted by atomic mass is 10.2. The first-order valence-corrected chi connectivity index (χ1v) is 12.4. The maximum atomic E-state index is 13.2. The van der Waals surface area contributed by atoms with Crippen molar-refractivity contribution < 1.29 is 17.6 Å². The molecule has 162 valence electrons. The minimum Gasteiger partial charge on any atom is -0.324 e. The second-order valence-corrected chi connectivity index (χ2v) is 9.91. The van der Waals surface area contributed by atoms with Gasteiger partial charge in [0.15, 0.2) is 0 Å². The van der Waals surface area contributed by atoms with E-state index in [0.29, 0.717) is 5.69 Å². The zero-order valence-corrected chi connectivity index (χ0v) is 18.8. The van der Waals surface area contributed by atoms with Crippen LogP contribution in [-0.2, 0) is 20.6 Å². The van der Waals surface area contributed by atoms with Crippen molar-refractivity contribution in [2.24, 2.45) is 0 Å². The second-order valence-electron chi connectivity index (χ2n) is 7.00. The molecule has 0 saturated carbocycles. The van der Waals surface area contributed by atoms with Crippen LogP contribution >= 0.6 is 11.8 Å². The number of hydrogen-bond acceptors (Lipinski definition) is 4. The van der Waals surface area contributed by atoms with Gasteiger partial charge >= 0.3 is 0 Å². The van der Waals surface area contributed by atoms with Gasteiger partial charge in [0.1, 0.15) is 11.9 Å². The van der Waals surface area contributed by atoms with Gasteiger partial charge in [-0.05, 0) is 61.0 Å². The van der Waals surface area contributed by atoms with Gasteiger partial charge in [-0.1, -0.05) is 30.3 Å². The molecule has 0 radical (unpaired) electrons. The van der Waals surface area contributed by atoms with E-state index in [9.17, 15) is 17.6 Å². The van der Waals surface area contributed by atoms with Gasteiger partial charge in [0.2, 0.25) is 15.9 Å². The van der Waals surface area contributed by atoms with Crippen molar-refractivity contribution in [3.63, 3.8) is 0 Å². The number of rotatable bonds is 8. The maximum absolute atomic E-state index is 13.2. The Morgan fingerprint density at radius 3 is 2.19 bits per heavy atom. The van der Waals surface area contributed by atoms with Crippen molar-refractivity contribution >= 4 is 39.1 Å². The Morgan fingerprint density at radius 2 is 1.61 bits per heavy atom. The van der Waals surface area contributed by atoms with Crippen LogP contribution in [0.2, 0.25) is 0 Å². The number of amides is 1. The number of carbonyl (C=O) groups is 1. The lowest BCUT2D eigenvalue weighted by Gasteiger charge is -2.28. The molecule has 31 heavy (non-hydrogen) atoms. The molecule has 8 heteroatoms. The molecule has 3 rings (SSSR count). The van der Waals surface area contributed by atoms with E-state index < -0.39 is 27.8 Å². The lowest BCUT2D eigenvalue weighted by Crippen LogP contribution is -2.45. The normalized spacial score (nSPS) is 12.2. The summed E-state index contributed by atoms with van der Waals surface area (Å²) >= 11 is 1.72. The average Bonchev–Trinajstić information content (AvgIpc) is 2.74. The van der Waals surface area contributed by atoms with Crippen molar-refractivity contribution in [1.82, 2.24) is 0 Å². The van der Waals surface area contributed by atoms with Crippen LogP contribution in [0.3, 0.4) is 0 Å². The van der Waals surface area contributed by atoms with Crippen LogP contribution in [0.15, 0.2) is 83.8 Å². The fraction of sp³-hybridized carbons (Fsp3) is 0.174. The molecule has 0 heterocycles. The Kier molecular flexibility index (Phi) is 7.35. The van der Waals surface area contributed by atoms with Gasteiger partial charge in [-0.2, -0.15) is 0 Å². The summed E-state index contributed by atoms with van der Waals surface area (Å²) in [6.45, 7) is 1.49. The Bertz CT molecular complexity index is 1120. The van der Waals surface area contributed by atoms with Crippen LogP contribution in [-0.4, -0.2) is 26.6 Å². The highest BCUT2D eigenvalue weighted by atomic mass is 32.2. The molecule has 1 unspecified atom stereocenters. The van der Waals surface area contributed by atoms with Crippen molar-refractivity contribution in [3.8, 4) is 0 Å². The molecular weight excluding hydrogens is 435 g/mol. The molecule has 5 nitrogen and oxygen atoms in total. The third kappa shape index (κ3) is 6.32. The Balaban J connectivity index is 1.67. The van der Waals surface area contributed by atoms with E-state index >= 15 is 0 Å². The van der Waals surface area contributed by atoms with Crippen LogP contribution in [0.1, 0.15) is 12.5 Å². The molecule has 0 fully saturated rings. The summed E-state index contributed by atoms with van der Waals surface area (Å²) in [5.41, 5.74) is 1.89. The first-order valence-electron chi connectivity index (χ1n) is 9.56. The van der Waals surface area contributed by atoms with E-state index in [1.54, 1.807) is 23.9 Å². The third-order valence-corrected chi connectivity index (χ3v) is 6.86. The van der Waals surface area contributed by atoms with Gasteiger partial charge in [-0.25, -0.2) is 12.8 Å². The fourth-order valence-corrected chi connectivity index (χ4v) is 5.06. The van der Waals surface area contributed by atoms with E-state index in [1.165, 1.54) is 24.0 Å². The largest absolute Gasteiger partial charge is 0.324 e. The molecule has 0 saturated heterocycles. The highest BCUT2D eigenvalue weighted by Gasteiger charge is 2.29. The third-order valence-electron chi connectivity index (χ3n) is 4.54. The standard InChI is InChI=1S/C23H23FN2O3S2/c1-17(26(31(2,28)29)21-14-10-19(24)11-15-21)23(27)25-20-12-8-18(9-13-20)16-30-22-6-4-3-5-7-22/h3-15,17H,16H2,1-2H3,(H,25,27). The SMILES string of the molecule is CC(C(=O)Nc1ccc(CSc2ccccc2)cc1)N(c1ccc(F)cc1)S(C)(=O)=O. The van der Waals surface area contributed by atoms with Gasteiger partial charge < -0.3 is 5.32 Å². The van der Waals surface area contributed by atoms with E-state index in [-0.39, 0.29) is 5.69 Å². The van der Waals surface area contributed by atoms with E-state index in [2.05, 4.69) is 17.4 Å². The first kappa shape index (κ1) is 22.8. The molecule has 0 aromatic heterocycles. The predicted molar refractivity (Wildman–Crippen MR) is 124 cm³/mol. The number of carbonyl (C=O) groups excluding carboxylic acids is 1. The topological polar surface area (TPSA) is 66.5 Å². The molecule has 0 aliphatic rings. The Morgan fingerprint density at radius 1 is 1.00 bits per heavy atom. The molecule has 3 aromatic rings. The van der Waals surface area contributed by atoms with Crippen LogP contribution in [0.5, 0.6) is 0 Å². The van der Waals surface area contributed by atoms with Gasteiger partial charge in [0, 0.05) is 16.3 Å². The number of nitrogens with zero attached hydrogens (tertiary/aromatic N) is 1. The fourth-order valence-electron chi connectivity index (χ4n) is 3.01. The summed E-state index contributed by atoms with van der Waals surface area (Å²) in [4.78, 5) is 13.9. The summed E-state index contributed by atoms with van der Waals surface area (Å²) < 4.78 is 38.8. The van der Waals surface area contributed by atoms with E-state index in [1.807, 2.05) is 30.3 Å². The summed E-state index contributed by atoms with van der Waals surface area (Å²) in [5.74, 6) is -0.179. The average molecular weight is 459 g/mol. The van der Waals surface area contributed by atoms with Gasteiger partial charge in [0.25, 0.3) is 0 Å². The van der Waals surface area contributed by atoms with Gasteiger partial charge in [-0.3, -0.25) is 9.10 Å². The van der Waals surface area contributed by atoms with E-state index in [4.69, 9.17) is 0 Å². The highest BCUT2D eigenvalue weighted by molar-refractivity contribution is 7.98.